The van der Waals surface area contributed by atoms with E-state index in [1.165, 1.54) is 42.3 Å². The van der Waals surface area contributed by atoms with Crippen molar-refractivity contribution in [3.63, 3.8) is 0 Å². The molecule has 0 spiro atoms. The van der Waals surface area contributed by atoms with Gasteiger partial charge >= 0.3 is 0 Å². The number of aromatic nitrogens is 1. The number of halogens is 2. The number of amides is 4. The highest BCUT2D eigenvalue weighted by Gasteiger charge is 2.56. The van der Waals surface area contributed by atoms with Gasteiger partial charge in [-0.25, -0.2) is 8.78 Å². The first-order valence-corrected chi connectivity index (χ1v) is 22.5. The maximum Gasteiger partial charge on any atom is 0.240 e. The summed E-state index contributed by atoms with van der Waals surface area (Å²) in [6.07, 6.45) is 7.61. The van der Waals surface area contributed by atoms with Crippen molar-refractivity contribution in [1.82, 2.24) is 20.1 Å². The number of hydrogen-bond acceptors (Lipinski definition) is 9. The fraction of sp³-hybridized carbons (Fsp3) is 0.380. The Morgan fingerprint density at radius 3 is 2.14 bits per heavy atom. The molecule has 2 bridgehead atoms. The average molecular weight is 868 g/mol. The van der Waals surface area contributed by atoms with Gasteiger partial charge in [0.15, 0.2) is 0 Å². The number of rotatable bonds is 13. The Hall–Kier alpha value is -6.25. The predicted octanol–water partition coefficient (Wildman–Crippen LogP) is 7.40. The number of imide groups is 1. The smallest absolute Gasteiger partial charge is 0.240 e. The third-order valence-electron chi connectivity index (χ3n) is 14.1. The molecule has 4 aromatic carbocycles. The van der Waals surface area contributed by atoms with Gasteiger partial charge in [0.1, 0.15) is 28.5 Å². The zero-order valence-corrected chi connectivity index (χ0v) is 35.5. The maximum absolute atomic E-state index is 15.9. The largest absolute Gasteiger partial charge is 0.457 e. The summed E-state index contributed by atoms with van der Waals surface area (Å²) in [5.74, 6) is -0.696. The molecule has 5 aromatic rings. The van der Waals surface area contributed by atoms with Gasteiger partial charge in [0.05, 0.1) is 17.1 Å². The number of carbonyl (C=O) groups is 4. The first-order chi connectivity index (χ1) is 31.1. The first-order valence-electron chi connectivity index (χ1n) is 22.5. The van der Waals surface area contributed by atoms with E-state index < -0.39 is 23.0 Å². The summed E-state index contributed by atoms with van der Waals surface area (Å²) in [6.45, 7) is 5.85. The van der Waals surface area contributed by atoms with Crippen molar-refractivity contribution in [2.75, 3.05) is 54.8 Å². The Balaban J connectivity index is 0.687. The van der Waals surface area contributed by atoms with Crippen LogP contribution >= 0.6 is 0 Å². The summed E-state index contributed by atoms with van der Waals surface area (Å²) in [6, 6.07) is 26.7. The van der Waals surface area contributed by atoms with E-state index in [0.717, 1.165) is 64.1 Å². The second kappa shape index (κ2) is 17.4. The summed E-state index contributed by atoms with van der Waals surface area (Å²) in [5, 5.41) is 8.56. The molecule has 4 aliphatic heterocycles. The minimum absolute atomic E-state index is 0.188. The highest BCUT2D eigenvalue weighted by atomic mass is 19.1. The molecule has 4 amide bonds. The van der Waals surface area contributed by atoms with Crippen molar-refractivity contribution in [2.24, 2.45) is 11.3 Å². The number of anilines is 3. The lowest BCUT2D eigenvalue weighted by molar-refractivity contribution is -0.134. The average Bonchev–Trinajstić information content (AvgIpc) is 3.90. The Kier molecular flexibility index (Phi) is 11.3. The van der Waals surface area contributed by atoms with Crippen molar-refractivity contribution in [1.29, 1.82) is 0 Å². The van der Waals surface area contributed by atoms with Gasteiger partial charge in [0, 0.05) is 80.7 Å². The van der Waals surface area contributed by atoms with Crippen molar-refractivity contribution in [3.05, 3.63) is 120 Å². The lowest BCUT2D eigenvalue weighted by atomic mass is 9.90. The Labute approximate surface area is 370 Å². The molecule has 14 heteroatoms. The normalized spacial score (nSPS) is 22.1. The number of nitrogens with zero attached hydrogens (tertiary/aromatic N) is 4. The van der Waals surface area contributed by atoms with Gasteiger partial charge in [-0.05, 0) is 129 Å². The molecule has 330 valence electrons. The molecule has 4 saturated heterocycles. The number of hydrogen-bond donors (Lipinski definition) is 3. The molecule has 1 aliphatic carbocycles. The van der Waals surface area contributed by atoms with Crippen LogP contribution in [0.1, 0.15) is 62.0 Å². The van der Waals surface area contributed by atoms with Gasteiger partial charge in [0.25, 0.3) is 0 Å². The SMILES string of the molecule is O=C1CCC(c2ccc(CCN3C[C@@H]4C[C@H]3CN4CC3CCN(c4cc5nccc(Oc6ccc(NC(=O)C7(C(=O)Nc8ccc(F)cc8)CC7)cc6)c5cc4F)CC3)cc2)C(=O)N1. The highest BCUT2D eigenvalue weighted by molar-refractivity contribution is 6.17. The standard InChI is InChI=1S/C50H51F2N7O5/c51-34-5-7-35(8-6-34)54-48(62)50(19-20-50)49(63)55-36-9-11-39(12-10-36)64-45-15-21-53-43-27-44(42(52)26-41(43)45)57-22-17-32(18-23-57)28-59-30-37-25-38(59)29-58(37)24-16-31-1-3-33(4-2-31)40-13-14-46(60)56-47(40)61/h1-12,15,21,26-27,32,37-38,40H,13-14,16-20,22-25,28-30H2,(H,54,62)(H,55,63)(H,56,60,61)/t37-,38-,40?/m0/s1. The number of fused-ring (bicyclic) bond motifs is 3. The Bertz CT molecular complexity index is 2580. The van der Waals surface area contributed by atoms with Crippen LogP contribution in [0.4, 0.5) is 25.8 Å². The summed E-state index contributed by atoms with van der Waals surface area (Å²) in [5.41, 5.74) is 3.16. The molecule has 3 N–H and O–H groups in total. The van der Waals surface area contributed by atoms with Crippen LogP contribution in [0.15, 0.2) is 97.2 Å². The third-order valence-corrected chi connectivity index (χ3v) is 14.1. The van der Waals surface area contributed by atoms with E-state index in [1.54, 1.807) is 36.5 Å². The Morgan fingerprint density at radius 2 is 1.48 bits per heavy atom. The lowest BCUT2D eigenvalue weighted by Gasteiger charge is -2.39. The number of ether oxygens (including phenoxy) is 1. The predicted molar refractivity (Wildman–Crippen MR) is 239 cm³/mol. The van der Waals surface area contributed by atoms with Crippen LogP contribution in [0.3, 0.4) is 0 Å². The second-order valence-electron chi connectivity index (χ2n) is 18.2. The van der Waals surface area contributed by atoms with E-state index in [4.69, 9.17) is 4.74 Å². The van der Waals surface area contributed by atoms with Crippen molar-refractivity contribution in [3.8, 4) is 11.5 Å². The van der Waals surface area contributed by atoms with E-state index in [0.29, 0.717) is 83.1 Å². The number of nitrogens with one attached hydrogen (secondary N) is 3. The summed E-state index contributed by atoms with van der Waals surface area (Å²) in [4.78, 5) is 62.0. The van der Waals surface area contributed by atoms with E-state index >= 15 is 4.39 Å². The third kappa shape index (κ3) is 8.68. The van der Waals surface area contributed by atoms with E-state index in [2.05, 4.69) is 47.8 Å². The lowest BCUT2D eigenvalue weighted by Crippen LogP contribution is -2.49. The highest BCUT2D eigenvalue weighted by Crippen LogP contribution is 2.48. The first kappa shape index (κ1) is 41.7. The van der Waals surface area contributed by atoms with Gasteiger partial charge in [0.2, 0.25) is 23.6 Å². The number of piperidine rings is 2. The number of likely N-dealkylation sites (tertiary alicyclic amines) is 2. The van der Waals surface area contributed by atoms with E-state index in [1.807, 2.05) is 18.2 Å². The van der Waals surface area contributed by atoms with Gasteiger partial charge < -0.3 is 20.3 Å². The van der Waals surface area contributed by atoms with Crippen LogP contribution in [-0.4, -0.2) is 89.8 Å². The van der Waals surface area contributed by atoms with Crippen molar-refractivity contribution >= 4 is 51.6 Å². The van der Waals surface area contributed by atoms with Crippen molar-refractivity contribution in [2.45, 2.75) is 69.4 Å². The molecule has 3 atom stereocenters. The number of piperazine rings is 1. The monoisotopic (exact) mass is 867 g/mol. The van der Waals surface area contributed by atoms with Gasteiger partial charge in [-0.1, -0.05) is 24.3 Å². The molecule has 64 heavy (non-hydrogen) atoms. The molecule has 1 saturated carbocycles. The minimum Gasteiger partial charge on any atom is -0.457 e. The summed E-state index contributed by atoms with van der Waals surface area (Å²) in [7, 11) is 0. The molecule has 5 fully saturated rings. The molecule has 12 nitrogen and oxygen atoms in total. The molecule has 1 unspecified atom stereocenters. The molecular weight excluding hydrogens is 817 g/mol. The molecule has 0 radical (unpaired) electrons. The van der Waals surface area contributed by atoms with Crippen LogP contribution in [0.2, 0.25) is 0 Å². The summed E-state index contributed by atoms with van der Waals surface area (Å²) >= 11 is 0. The second-order valence-corrected chi connectivity index (χ2v) is 18.2. The zero-order valence-electron chi connectivity index (χ0n) is 35.5. The maximum atomic E-state index is 15.9. The van der Waals surface area contributed by atoms with Gasteiger partial charge in [-0.15, -0.1) is 0 Å². The quantitative estimate of drug-likeness (QED) is 0.0818. The Morgan fingerprint density at radius 1 is 0.812 bits per heavy atom. The van der Waals surface area contributed by atoms with Crippen LogP contribution in [0.5, 0.6) is 11.5 Å². The molecular formula is C50H51F2N7O5. The van der Waals surface area contributed by atoms with Crippen LogP contribution in [0.25, 0.3) is 10.9 Å². The van der Waals surface area contributed by atoms with E-state index in [-0.39, 0.29) is 23.5 Å². The molecule has 1 aromatic heterocycles. The fourth-order valence-electron chi connectivity index (χ4n) is 10.1. The van der Waals surface area contributed by atoms with Crippen molar-refractivity contribution < 1.29 is 32.7 Å². The molecule has 5 heterocycles. The minimum atomic E-state index is -1.18. The van der Waals surface area contributed by atoms with Crippen LogP contribution in [0, 0.1) is 23.0 Å². The number of carbonyl (C=O) groups excluding carboxylic acids is 4. The molecule has 10 rings (SSSR count). The van der Waals surface area contributed by atoms with Crippen LogP contribution in [-0.2, 0) is 25.6 Å². The zero-order chi connectivity index (χ0) is 44.0. The van der Waals surface area contributed by atoms with E-state index in [9.17, 15) is 23.6 Å². The van der Waals surface area contributed by atoms with Gasteiger partial charge in [-0.3, -0.25) is 39.3 Å². The van der Waals surface area contributed by atoms with Crippen LogP contribution < -0.4 is 25.6 Å². The van der Waals surface area contributed by atoms with Gasteiger partial charge in [-0.2, -0.15) is 0 Å². The number of benzene rings is 4. The fourth-order valence-corrected chi connectivity index (χ4v) is 10.1. The summed E-state index contributed by atoms with van der Waals surface area (Å²) < 4.78 is 35.4. The molecule has 5 aliphatic rings. The number of pyridine rings is 1. The topological polar surface area (TPSA) is 136 Å².